The lowest BCUT2D eigenvalue weighted by atomic mass is 10.2. The van der Waals surface area contributed by atoms with Crippen LogP contribution in [-0.4, -0.2) is 33.3 Å². The molecule has 0 amide bonds. The van der Waals surface area contributed by atoms with Crippen molar-refractivity contribution >= 4 is 29.2 Å². The van der Waals surface area contributed by atoms with Crippen molar-refractivity contribution in [3.05, 3.63) is 35.0 Å². The number of ether oxygens (including phenoxy) is 3. The lowest BCUT2D eigenvalue weighted by Gasteiger charge is -2.12. The Kier molecular flexibility index (Phi) is 5.86. The van der Waals surface area contributed by atoms with E-state index in [-0.39, 0.29) is 5.70 Å². The summed E-state index contributed by atoms with van der Waals surface area (Å²) in [6.07, 6.45) is 0.986. The van der Waals surface area contributed by atoms with Crippen molar-refractivity contribution in [2.24, 2.45) is 0 Å². The molecule has 0 unspecified atom stereocenters. The van der Waals surface area contributed by atoms with Crippen LogP contribution < -0.4 is 10.1 Å². The molecule has 0 saturated carbocycles. The number of nitrogens with one attached hydrogen (secondary N) is 1. The lowest BCUT2D eigenvalue weighted by molar-refractivity contribution is -0.138. The molecule has 0 heterocycles. The van der Waals surface area contributed by atoms with Crippen LogP contribution in [0.5, 0.6) is 5.75 Å². The molecule has 0 aliphatic heterocycles. The predicted octanol–water partition coefficient (Wildman–Crippen LogP) is 1.99. The topological polar surface area (TPSA) is 73.9 Å². The summed E-state index contributed by atoms with van der Waals surface area (Å²) >= 11 is 5.84. The lowest BCUT2D eigenvalue weighted by Crippen LogP contribution is -2.15. The zero-order valence-electron chi connectivity index (χ0n) is 11.2. The molecule has 108 valence electrons. The smallest absolute Gasteiger partial charge is 0.354 e. The molecule has 1 aromatic rings. The summed E-state index contributed by atoms with van der Waals surface area (Å²) in [6, 6.07) is 4.78. The molecule has 0 fully saturated rings. The van der Waals surface area contributed by atoms with Gasteiger partial charge in [-0.25, -0.2) is 9.59 Å². The first-order valence-corrected chi connectivity index (χ1v) is 5.88. The number of hydrogen-bond acceptors (Lipinski definition) is 6. The summed E-state index contributed by atoms with van der Waals surface area (Å²) < 4.78 is 14.2. The maximum atomic E-state index is 11.6. The number of hydrogen-bond donors (Lipinski definition) is 1. The zero-order valence-corrected chi connectivity index (χ0v) is 12.0. The van der Waals surface area contributed by atoms with E-state index in [1.54, 1.807) is 18.2 Å². The van der Waals surface area contributed by atoms with Crippen LogP contribution in [0.15, 0.2) is 30.0 Å². The Balaban J connectivity index is 3.10. The van der Waals surface area contributed by atoms with Crippen molar-refractivity contribution in [3.8, 4) is 5.75 Å². The Bertz CT molecular complexity index is 542. The maximum Gasteiger partial charge on any atom is 0.354 e. The van der Waals surface area contributed by atoms with E-state index in [9.17, 15) is 9.59 Å². The number of halogens is 1. The van der Waals surface area contributed by atoms with Gasteiger partial charge in [-0.05, 0) is 12.1 Å². The number of benzene rings is 1. The van der Waals surface area contributed by atoms with Crippen LogP contribution in [0.1, 0.15) is 0 Å². The average Bonchev–Trinajstić information content (AvgIpc) is 2.46. The molecule has 1 aromatic carbocycles. The third-order valence-electron chi connectivity index (χ3n) is 2.30. The first kappa shape index (κ1) is 15.8. The second kappa shape index (κ2) is 7.40. The van der Waals surface area contributed by atoms with Crippen molar-refractivity contribution in [3.63, 3.8) is 0 Å². The van der Waals surface area contributed by atoms with Gasteiger partial charge in [0.25, 0.3) is 0 Å². The summed E-state index contributed by atoms with van der Waals surface area (Å²) in [6.45, 7) is 0. The first-order valence-electron chi connectivity index (χ1n) is 5.50. The minimum absolute atomic E-state index is 0.0834. The van der Waals surface area contributed by atoms with Gasteiger partial charge in [-0.3, -0.25) is 0 Å². The van der Waals surface area contributed by atoms with Crippen molar-refractivity contribution in [1.82, 2.24) is 0 Å². The number of anilines is 1. The molecule has 0 aromatic heterocycles. The minimum Gasteiger partial charge on any atom is -0.495 e. The largest absolute Gasteiger partial charge is 0.495 e. The highest BCUT2D eigenvalue weighted by Crippen LogP contribution is 2.28. The summed E-state index contributed by atoms with van der Waals surface area (Å²) in [5.41, 5.74) is 0.373. The molecule has 0 atom stereocenters. The fourth-order valence-electron chi connectivity index (χ4n) is 1.35. The highest BCUT2D eigenvalue weighted by atomic mass is 35.5. The van der Waals surface area contributed by atoms with Crippen LogP contribution in [0.3, 0.4) is 0 Å². The molecule has 0 saturated heterocycles. The number of carbonyl (C=O) groups is 2. The van der Waals surface area contributed by atoms with Gasteiger partial charge in [-0.2, -0.15) is 0 Å². The second-order valence-corrected chi connectivity index (χ2v) is 3.98. The van der Waals surface area contributed by atoms with Crippen LogP contribution >= 0.6 is 11.6 Å². The number of esters is 2. The molecule has 6 nitrogen and oxygen atoms in total. The fourth-order valence-corrected chi connectivity index (χ4v) is 1.51. The Morgan fingerprint density at radius 1 is 1.20 bits per heavy atom. The van der Waals surface area contributed by atoms with Gasteiger partial charge in [0.15, 0.2) is 0 Å². The maximum absolute atomic E-state index is 11.6. The van der Waals surface area contributed by atoms with Crippen LogP contribution in [0.25, 0.3) is 0 Å². The van der Waals surface area contributed by atoms with E-state index >= 15 is 0 Å². The van der Waals surface area contributed by atoms with Crippen LogP contribution in [0, 0.1) is 0 Å². The monoisotopic (exact) mass is 299 g/mol. The van der Waals surface area contributed by atoms with Crippen molar-refractivity contribution in [1.29, 1.82) is 0 Å². The molecule has 0 aliphatic carbocycles. The molecule has 1 N–H and O–H groups in total. The fraction of sp³-hybridized carbons (Fsp3) is 0.231. The third-order valence-corrected chi connectivity index (χ3v) is 2.54. The molecular weight excluding hydrogens is 286 g/mol. The number of methoxy groups -OCH3 is 3. The van der Waals surface area contributed by atoms with Crippen LogP contribution in [0.2, 0.25) is 5.02 Å². The van der Waals surface area contributed by atoms with E-state index in [0.29, 0.717) is 16.5 Å². The van der Waals surface area contributed by atoms with Gasteiger partial charge in [-0.1, -0.05) is 11.6 Å². The third kappa shape index (κ3) is 4.17. The quantitative estimate of drug-likeness (QED) is 0.662. The summed E-state index contributed by atoms with van der Waals surface area (Å²) in [5, 5.41) is 3.22. The normalized spacial score (nSPS) is 10.7. The average molecular weight is 300 g/mol. The van der Waals surface area contributed by atoms with E-state index in [2.05, 4.69) is 14.8 Å². The van der Waals surface area contributed by atoms with E-state index in [0.717, 1.165) is 6.08 Å². The Hall–Kier alpha value is -2.21. The standard InChI is InChI=1S/C13H14ClNO5/c1-18-11-6-8(14)4-5-9(11)15-10(13(17)20-3)7-12(16)19-2/h4-7,15H,1-3H3/b10-7+. The minimum atomic E-state index is -0.715. The van der Waals surface area contributed by atoms with Crippen molar-refractivity contribution in [2.75, 3.05) is 26.6 Å². The number of rotatable bonds is 5. The van der Waals surface area contributed by atoms with Gasteiger partial charge in [0.2, 0.25) is 0 Å². The first-order chi connectivity index (χ1) is 9.51. The summed E-state index contributed by atoms with van der Waals surface area (Å²) in [5.74, 6) is -0.990. The van der Waals surface area contributed by atoms with E-state index in [1.165, 1.54) is 21.3 Å². The molecular formula is C13H14ClNO5. The van der Waals surface area contributed by atoms with E-state index in [1.807, 2.05) is 0 Å². The zero-order chi connectivity index (χ0) is 15.1. The highest BCUT2D eigenvalue weighted by molar-refractivity contribution is 6.30. The molecule has 1 rings (SSSR count). The Labute approximate surface area is 121 Å². The van der Waals surface area contributed by atoms with Crippen LogP contribution in [0.4, 0.5) is 5.69 Å². The highest BCUT2D eigenvalue weighted by Gasteiger charge is 2.15. The van der Waals surface area contributed by atoms with Crippen molar-refractivity contribution in [2.45, 2.75) is 0 Å². The Morgan fingerprint density at radius 2 is 1.90 bits per heavy atom. The van der Waals surface area contributed by atoms with Gasteiger partial charge in [-0.15, -0.1) is 0 Å². The molecule has 20 heavy (non-hydrogen) atoms. The Morgan fingerprint density at radius 3 is 2.45 bits per heavy atom. The SMILES string of the molecule is COC(=O)/C=C(/Nc1ccc(Cl)cc1OC)C(=O)OC. The van der Waals surface area contributed by atoms with Gasteiger partial charge in [0.1, 0.15) is 11.4 Å². The van der Waals surface area contributed by atoms with Crippen LogP contribution in [-0.2, 0) is 19.1 Å². The number of carbonyl (C=O) groups excluding carboxylic acids is 2. The second-order valence-electron chi connectivity index (χ2n) is 3.54. The van der Waals surface area contributed by atoms with E-state index < -0.39 is 11.9 Å². The summed E-state index contributed by atoms with van der Waals surface area (Å²) in [7, 11) is 3.86. The van der Waals surface area contributed by atoms with E-state index in [4.69, 9.17) is 16.3 Å². The molecule has 0 spiro atoms. The molecule has 7 heteroatoms. The van der Waals surface area contributed by atoms with Gasteiger partial charge >= 0.3 is 11.9 Å². The van der Waals surface area contributed by atoms with Crippen molar-refractivity contribution < 1.29 is 23.8 Å². The summed E-state index contributed by atoms with van der Waals surface area (Å²) in [4.78, 5) is 22.8. The molecule has 0 bridgehead atoms. The van der Waals surface area contributed by atoms with Gasteiger partial charge in [0.05, 0.1) is 33.1 Å². The molecule has 0 aliphatic rings. The van der Waals surface area contributed by atoms with Gasteiger partial charge in [0, 0.05) is 11.1 Å². The van der Waals surface area contributed by atoms with Gasteiger partial charge < -0.3 is 19.5 Å². The molecule has 0 radical (unpaired) electrons. The predicted molar refractivity (Wildman–Crippen MR) is 73.7 cm³/mol.